The molecule has 20 heavy (non-hydrogen) atoms. The molecular weight excluding hydrogens is 273 g/mol. The minimum atomic E-state index is -0.196. The van der Waals surface area contributed by atoms with Crippen molar-refractivity contribution in [3.63, 3.8) is 0 Å². The highest BCUT2D eigenvalue weighted by molar-refractivity contribution is 7.97. The number of hydrogen-bond donors (Lipinski definition) is 2. The molecule has 1 aromatic carbocycles. The largest absolute Gasteiger partial charge is 0.357 e. The fourth-order valence-electron chi connectivity index (χ4n) is 1.71. The van der Waals surface area contributed by atoms with Crippen LogP contribution < -0.4 is 10.6 Å². The third-order valence-corrected chi connectivity index (χ3v) is 3.23. The molecule has 0 aliphatic carbocycles. The van der Waals surface area contributed by atoms with E-state index in [2.05, 4.69) is 22.2 Å². The summed E-state index contributed by atoms with van der Waals surface area (Å²) in [5.41, 5.74) is 2.05. The van der Waals surface area contributed by atoms with E-state index in [0.717, 1.165) is 29.4 Å². The van der Waals surface area contributed by atoms with Gasteiger partial charge in [-0.1, -0.05) is 12.1 Å². The summed E-state index contributed by atoms with van der Waals surface area (Å²) in [7, 11) is 0. The average molecular weight is 295 g/mol. The van der Waals surface area contributed by atoms with Gasteiger partial charge in [0.05, 0.1) is 6.54 Å². The van der Waals surface area contributed by atoms with E-state index in [9.17, 15) is 4.39 Å². The molecule has 1 rings (SSSR count). The predicted molar refractivity (Wildman–Crippen MR) is 86.6 cm³/mol. The first-order chi connectivity index (χ1) is 9.71. The first kappa shape index (κ1) is 16.6. The first-order valence-corrected chi connectivity index (χ1v) is 8.00. The van der Waals surface area contributed by atoms with E-state index in [1.165, 1.54) is 6.07 Å². The minimum absolute atomic E-state index is 0.196. The van der Waals surface area contributed by atoms with Crippen LogP contribution in [0.3, 0.4) is 0 Å². The molecule has 5 heteroatoms. The summed E-state index contributed by atoms with van der Waals surface area (Å²) >= 11 is 1.68. The monoisotopic (exact) mass is 295 g/mol. The van der Waals surface area contributed by atoms with Gasteiger partial charge >= 0.3 is 0 Å². The lowest BCUT2D eigenvalue weighted by Crippen LogP contribution is -2.37. The van der Waals surface area contributed by atoms with Crippen molar-refractivity contribution in [3.8, 4) is 0 Å². The van der Waals surface area contributed by atoms with E-state index in [1.807, 2.05) is 13.2 Å². The van der Waals surface area contributed by atoms with E-state index in [1.54, 1.807) is 30.0 Å². The molecular formula is C15H22FN3S. The molecule has 0 radical (unpaired) electrons. The number of hydrogen-bond acceptors (Lipinski definition) is 2. The molecule has 0 saturated heterocycles. The van der Waals surface area contributed by atoms with Gasteiger partial charge in [-0.2, -0.15) is 11.8 Å². The Hall–Kier alpha value is -1.49. The average Bonchev–Trinajstić information content (AvgIpc) is 2.44. The Morgan fingerprint density at radius 2 is 2.20 bits per heavy atom. The second-order valence-corrected chi connectivity index (χ2v) is 5.08. The number of aliphatic imine (C=N–C) groups is 1. The topological polar surface area (TPSA) is 36.4 Å². The number of guanidine groups is 1. The lowest BCUT2D eigenvalue weighted by atomic mass is 10.1. The van der Waals surface area contributed by atoms with Crippen LogP contribution in [0.1, 0.15) is 18.1 Å². The van der Waals surface area contributed by atoms with Crippen LogP contribution in [0.2, 0.25) is 0 Å². The molecule has 0 heterocycles. The van der Waals surface area contributed by atoms with Gasteiger partial charge in [0.2, 0.25) is 0 Å². The highest BCUT2D eigenvalue weighted by Gasteiger charge is 2.04. The second kappa shape index (κ2) is 9.42. The Morgan fingerprint density at radius 3 is 2.85 bits per heavy atom. The van der Waals surface area contributed by atoms with Gasteiger partial charge in [-0.3, -0.25) is 0 Å². The fourth-order valence-corrected chi connectivity index (χ4v) is 2.29. The molecule has 0 saturated carbocycles. The zero-order valence-electron chi connectivity index (χ0n) is 12.1. The third-order valence-electron chi connectivity index (χ3n) is 2.63. The molecule has 0 amide bonds. The Labute approximate surface area is 124 Å². The molecule has 0 atom stereocenters. The van der Waals surface area contributed by atoms with Crippen LogP contribution in [0.25, 0.3) is 0 Å². The maximum absolute atomic E-state index is 13.3. The maximum Gasteiger partial charge on any atom is 0.191 e. The molecule has 0 spiro atoms. The van der Waals surface area contributed by atoms with Crippen molar-refractivity contribution in [2.24, 2.45) is 4.99 Å². The smallest absolute Gasteiger partial charge is 0.191 e. The number of nitrogens with zero attached hydrogens (tertiary/aromatic N) is 1. The number of halogens is 1. The summed E-state index contributed by atoms with van der Waals surface area (Å²) in [6.45, 7) is 7.67. The normalized spacial score (nSPS) is 11.2. The Kier molecular flexibility index (Phi) is 7.80. The van der Waals surface area contributed by atoms with Gasteiger partial charge in [-0.15, -0.1) is 6.58 Å². The SMILES string of the molecule is C=CCNC(=NCc1ccc(F)cc1CSC)NCC. The zero-order valence-corrected chi connectivity index (χ0v) is 12.9. The number of thioether (sulfide) groups is 1. The molecule has 0 aromatic heterocycles. The van der Waals surface area contributed by atoms with Crippen LogP contribution in [0.4, 0.5) is 4.39 Å². The van der Waals surface area contributed by atoms with E-state index in [4.69, 9.17) is 0 Å². The van der Waals surface area contributed by atoms with Gasteiger partial charge in [-0.25, -0.2) is 9.38 Å². The quantitative estimate of drug-likeness (QED) is 0.461. The summed E-state index contributed by atoms with van der Waals surface area (Å²) in [6.07, 6.45) is 3.79. The Bertz CT molecular complexity index is 460. The second-order valence-electron chi connectivity index (χ2n) is 4.21. The van der Waals surface area contributed by atoms with Gasteiger partial charge < -0.3 is 10.6 Å². The van der Waals surface area contributed by atoms with Crippen molar-refractivity contribution in [1.29, 1.82) is 0 Å². The van der Waals surface area contributed by atoms with E-state index < -0.39 is 0 Å². The van der Waals surface area contributed by atoms with Crippen LogP contribution in [-0.2, 0) is 12.3 Å². The summed E-state index contributed by atoms with van der Waals surface area (Å²) in [6, 6.07) is 4.88. The zero-order chi connectivity index (χ0) is 14.8. The molecule has 0 aliphatic rings. The van der Waals surface area contributed by atoms with Crippen molar-refractivity contribution in [1.82, 2.24) is 10.6 Å². The molecule has 0 fully saturated rings. The van der Waals surface area contributed by atoms with Crippen LogP contribution >= 0.6 is 11.8 Å². The highest BCUT2D eigenvalue weighted by Crippen LogP contribution is 2.17. The minimum Gasteiger partial charge on any atom is -0.357 e. The summed E-state index contributed by atoms with van der Waals surface area (Å²) in [5.74, 6) is 1.34. The Balaban J connectivity index is 2.81. The molecule has 0 unspecified atom stereocenters. The van der Waals surface area contributed by atoms with E-state index in [-0.39, 0.29) is 5.82 Å². The third kappa shape index (κ3) is 5.65. The predicted octanol–water partition coefficient (Wildman–Crippen LogP) is 2.93. The molecule has 2 N–H and O–H groups in total. The summed E-state index contributed by atoms with van der Waals surface area (Å²) in [4.78, 5) is 4.51. The van der Waals surface area contributed by atoms with Gasteiger partial charge in [0.1, 0.15) is 5.82 Å². The van der Waals surface area contributed by atoms with Gasteiger partial charge in [0.15, 0.2) is 5.96 Å². The van der Waals surface area contributed by atoms with Crippen molar-refractivity contribution >= 4 is 17.7 Å². The van der Waals surface area contributed by atoms with Crippen LogP contribution in [-0.4, -0.2) is 25.3 Å². The fraction of sp³-hybridized carbons (Fsp3) is 0.400. The van der Waals surface area contributed by atoms with Crippen molar-refractivity contribution in [3.05, 3.63) is 47.8 Å². The highest BCUT2D eigenvalue weighted by atomic mass is 32.2. The molecule has 0 bridgehead atoms. The number of nitrogens with one attached hydrogen (secondary N) is 2. The van der Waals surface area contributed by atoms with Crippen molar-refractivity contribution in [2.45, 2.75) is 19.2 Å². The van der Waals surface area contributed by atoms with Crippen LogP contribution in [0, 0.1) is 5.82 Å². The van der Waals surface area contributed by atoms with Gasteiger partial charge in [-0.05, 0) is 36.4 Å². The molecule has 0 aliphatic heterocycles. The summed E-state index contributed by atoms with van der Waals surface area (Å²) in [5, 5.41) is 6.31. The van der Waals surface area contributed by atoms with E-state index in [0.29, 0.717) is 13.1 Å². The molecule has 110 valence electrons. The van der Waals surface area contributed by atoms with Gasteiger partial charge in [0, 0.05) is 18.8 Å². The van der Waals surface area contributed by atoms with Crippen molar-refractivity contribution < 1.29 is 4.39 Å². The maximum atomic E-state index is 13.3. The standard InChI is InChI=1S/C15H22FN3S/c1-4-8-18-15(17-5-2)19-10-12-6-7-14(16)9-13(12)11-20-3/h4,6-7,9H,1,5,8,10-11H2,2-3H3,(H2,17,18,19). The lowest BCUT2D eigenvalue weighted by molar-refractivity contribution is 0.625. The number of rotatable bonds is 7. The molecule has 3 nitrogen and oxygen atoms in total. The van der Waals surface area contributed by atoms with Crippen LogP contribution in [0.15, 0.2) is 35.8 Å². The summed E-state index contributed by atoms with van der Waals surface area (Å²) < 4.78 is 13.3. The van der Waals surface area contributed by atoms with Crippen LogP contribution in [0.5, 0.6) is 0 Å². The first-order valence-electron chi connectivity index (χ1n) is 6.60. The number of benzene rings is 1. The molecule has 1 aromatic rings. The Morgan fingerprint density at radius 1 is 1.40 bits per heavy atom. The lowest BCUT2D eigenvalue weighted by Gasteiger charge is -2.11. The van der Waals surface area contributed by atoms with E-state index >= 15 is 0 Å². The van der Waals surface area contributed by atoms with Gasteiger partial charge in [0.25, 0.3) is 0 Å². The van der Waals surface area contributed by atoms with Crippen molar-refractivity contribution in [2.75, 3.05) is 19.3 Å².